The summed E-state index contributed by atoms with van der Waals surface area (Å²) in [4.78, 5) is 25.5. The summed E-state index contributed by atoms with van der Waals surface area (Å²) in [6.07, 6.45) is 0. The zero-order valence-electron chi connectivity index (χ0n) is 17.2. The molecule has 0 heterocycles. The second kappa shape index (κ2) is 8.95. The first-order valence-electron chi connectivity index (χ1n) is 9.89. The number of para-hydroxylation sites is 1. The number of anilines is 2. The van der Waals surface area contributed by atoms with Crippen molar-refractivity contribution >= 4 is 51.1 Å². The van der Waals surface area contributed by atoms with Crippen LogP contribution in [0, 0.1) is 17.0 Å². The third kappa shape index (κ3) is 4.19. The van der Waals surface area contributed by atoms with Gasteiger partial charge in [0.15, 0.2) is 5.11 Å². The molecule has 0 atom stereocenters. The Labute approximate surface area is 190 Å². The summed E-state index contributed by atoms with van der Waals surface area (Å²) < 4.78 is 0. The number of nitro groups is 1. The maximum atomic E-state index is 13.0. The molecule has 32 heavy (non-hydrogen) atoms. The van der Waals surface area contributed by atoms with Gasteiger partial charge in [0.05, 0.1) is 4.92 Å². The van der Waals surface area contributed by atoms with Crippen LogP contribution in [0.25, 0.3) is 10.8 Å². The summed E-state index contributed by atoms with van der Waals surface area (Å²) in [5, 5.41) is 16.3. The van der Waals surface area contributed by atoms with E-state index in [9.17, 15) is 14.9 Å². The first kappa shape index (κ1) is 21.1. The zero-order chi connectivity index (χ0) is 22.7. The van der Waals surface area contributed by atoms with E-state index in [1.54, 1.807) is 17.9 Å². The van der Waals surface area contributed by atoms with Gasteiger partial charge in [0.1, 0.15) is 0 Å². The highest BCUT2D eigenvalue weighted by atomic mass is 32.1. The first-order valence-corrected chi connectivity index (χ1v) is 10.3. The summed E-state index contributed by atoms with van der Waals surface area (Å²) in [6, 6.07) is 27.8. The normalized spacial score (nSPS) is 10.5. The Morgan fingerprint density at radius 1 is 0.875 bits per heavy atom. The van der Waals surface area contributed by atoms with E-state index in [0.29, 0.717) is 0 Å². The Hall–Kier alpha value is -4.10. The molecule has 0 aromatic heterocycles. The quantitative estimate of drug-likeness (QED) is 0.242. The molecule has 0 bridgehead atoms. The number of nitrogens with one attached hydrogen (secondary N) is 1. The molecule has 0 radical (unpaired) electrons. The summed E-state index contributed by atoms with van der Waals surface area (Å²) in [5.74, 6) is -0.502. The zero-order valence-corrected chi connectivity index (χ0v) is 18.0. The van der Waals surface area contributed by atoms with Gasteiger partial charge in [-0.05, 0) is 60.2 Å². The van der Waals surface area contributed by atoms with E-state index < -0.39 is 10.8 Å². The minimum absolute atomic E-state index is 0.113. The van der Waals surface area contributed by atoms with E-state index in [4.69, 9.17) is 12.2 Å². The molecule has 4 aromatic carbocycles. The predicted octanol–water partition coefficient (Wildman–Crippen LogP) is 5.91. The lowest BCUT2D eigenvalue weighted by Crippen LogP contribution is -2.40. The fourth-order valence-electron chi connectivity index (χ4n) is 3.56. The van der Waals surface area contributed by atoms with Crippen LogP contribution in [0.3, 0.4) is 0 Å². The predicted molar refractivity (Wildman–Crippen MR) is 130 cm³/mol. The number of benzene rings is 4. The summed E-state index contributed by atoms with van der Waals surface area (Å²) in [7, 11) is 0. The molecule has 6 nitrogen and oxygen atoms in total. The SMILES string of the molecule is Cc1c(C(=O)NC(=S)N(c2ccccc2)c2ccc3ccccc3c2)cccc1[N+](=O)[O-]. The van der Waals surface area contributed by atoms with Gasteiger partial charge in [0.2, 0.25) is 0 Å². The van der Waals surface area contributed by atoms with Crippen molar-refractivity contribution in [1.29, 1.82) is 0 Å². The first-order chi connectivity index (χ1) is 15.5. The Morgan fingerprint density at radius 2 is 1.56 bits per heavy atom. The van der Waals surface area contributed by atoms with Crippen LogP contribution in [0.2, 0.25) is 0 Å². The van der Waals surface area contributed by atoms with Crippen LogP contribution in [-0.2, 0) is 0 Å². The molecule has 0 saturated heterocycles. The third-order valence-corrected chi connectivity index (χ3v) is 5.46. The van der Waals surface area contributed by atoms with Crippen molar-refractivity contribution < 1.29 is 9.72 Å². The molecule has 0 unspecified atom stereocenters. The van der Waals surface area contributed by atoms with E-state index >= 15 is 0 Å². The number of carbonyl (C=O) groups is 1. The summed E-state index contributed by atoms with van der Waals surface area (Å²) in [6.45, 7) is 1.55. The fourth-order valence-corrected chi connectivity index (χ4v) is 3.87. The Kier molecular flexibility index (Phi) is 5.91. The maximum absolute atomic E-state index is 13.0. The van der Waals surface area contributed by atoms with E-state index in [1.165, 1.54) is 12.1 Å². The highest BCUT2D eigenvalue weighted by Gasteiger charge is 2.22. The minimum atomic E-state index is -0.504. The van der Waals surface area contributed by atoms with E-state index in [1.807, 2.05) is 72.8 Å². The number of amides is 1. The highest BCUT2D eigenvalue weighted by molar-refractivity contribution is 7.80. The minimum Gasteiger partial charge on any atom is -0.298 e. The molecule has 4 aromatic rings. The van der Waals surface area contributed by atoms with Gasteiger partial charge in [0.25, 0.3) is 11.6 Å². The molecule has 0 aliphatic rings. The summed E-state index contributed by atoms with van der Waals surface area (Å²) >= 11 is 5.63. The Balaban J connectivity index is 1.70. The molecular formula is C25H19N3O3S. The highest BCUT2D eigenvalue weighted by Crippen LogP contribution is 2.29. The number of fused-ring (bicyclic) bond motifs is 1. The second-order valence-electron chi connectivity index (χ2n) is 7.17. The second-order valence-corrected chi connectivity index (χ2v) is 7.56. The fraction of sp³-hybridized carbons (Fsp3) is 0.0400. The van der Waals surface area contributed by atoms with E-state index in [0.717, 1.165) is 22.1 Å². The standard InChI is InChI=1S/C25H19N3O3S/c1-17-22(12-7-13-23(17)28(30)31)24(29)26-25(32)27(20-10-3-2-4-11-20)21-15-14-18-8-5-6-9-19(18)16-21/h2-16H,1H3,(H,26,29,32). The number of nitrogens with zero attached hydrogens (tertiary/aromatic N) is 2. The Bertz CT molecular complexity index is 1340. The van der Waals surface area contributed by atoms with Gasteiger partial charge in [-0.2, -0.15) is 0 Å². The van der Waals surface area contributed by atoms with Crippen LogP contribution >= 0.6 is 12.2 Å². The lowest BCUT2D eigenvalue weighted by molar-refractivity contribution is -0.385. The number of hydrogen-bond acceptors (Lipinski definition) is 4. The van der Waals surface area contributed by atoms with Gasteiger partial charge in [-0.1, -0.05) is 54.6 Å². The molecule has 0 aliphatic heterocycles. The van der Waals surface area contributed by atoms with Crippen molar-refractivity contribution in [2.75, 3.05) is 4.90 Å². The molecule has 1 amide bonds. The molecule has 1 N–H and O–H groups in total. The van der Waals surface area contributed by atoms with E-state index in [-0.39, 0.29) is 21.9 Å². The van der Waals surface area contributed by atoms with Crippen molar-refractivity contribution in [1.82, 2.24) is 5.32 Å². The van der Waals surface area contributed by atoms with Crippen LogP contribution < -0.4 is 10.2 Å². The van der Waals surface area contributed by atoms with Crippen LogP contribution in [-0.4, -0.2) is 15.9 Å². The third-order valence-electron chi connectivity index (χ3n) is 5.18. The lowest BCUT2D eigenvalue weighted by atomic mass is 10.1. The topological polar surface area (TPSA) is 75.5 Å². The maximum Gasteiger partial charge on any atom is 0.273 e. The summed E-state index contributed by atoms with van der Waals surface area (Å²) in [5.41, 5.74) is 1.95. The largest absolute Gasteiger partial charge is 0.298 e. The van der Waals surface area contributed by atoms with Gasteiger partial charge >= 0.3 is 0 Å². The number of carbonyl (C=O) groups excluding carboxylic acids is 1. The molecular weight excluding hydrogens is 422 g/mol. The van der Waals surface area contributed by atoms with Crippen LogP contribution in [0.15, 0.2) is 91.0 Å². The van der Waals surface area contributed by atoms with E-state index in [2.05, 4.69) is 5.32 Å². The number of nitro benzene ring substituents is 1. The van der Waals surface area contributed by atoms with Crippen molar-refractivity contribution in [3.05, 3.63) is 112 Å². The lowest BCUT2D eigenvalue weighted by Gasteiger charge is -2.26. The molecule has 4 rings (SSSR count). The van der Waals surface area contributed by atoms with Gasteiger partial charge < -0.3 is 0 Å². The van der Waals surface area contributed by atoms with Crippen molar-refractivity contribution in [2.45, 2.75) is 6.92 Å². The molecule has 0 fully saturated rings. The van der Waals surface area contributed by atoms with Crippen LogP contribution in [0.5, 0.6) is 0 Å². The van der Waals surface area contributed by atoms with Gasteiger partial charge in [0, 0.05) is 28.6 Å². The number of thiocarbonyl (C=S) groups is 1. The smallest absolute Gasteiger partial charge is 0.273 e. The number of hydrogen-bond donors (Lipinski definition) is 1. The van der Waals surface area contributed by atoms with Crippen molar-refractivity contribution in [3.63, 3.8) is 0 Å². The molecule has 0 spiro atoms. The average molecular weight is 442 g/mol. The molecule has 0 saturated carbocycles. The molecule has 158 valence electrons. The van der Waals surface area contributed by atoms with Crippen molar-refractivity contribution in [2.24, 2.45) is 0 Å². The van der Waals surface area contributed by atoms with Crippen molar-refractivity contribution in [3.8, 4) is 0 Å². The van der Waals surface area contributed by atoms with Gasteiger partial charge in [-0.15, -0.1) is 0 Å². The van der Waals surface area contributed by atoms with Gasteiger partial charge in [-0.25, -0.2) is 0 Å². The molecule has 0 aliphatic carbocycles. The van der Waals surface area contributed by atoms with Crippen LogP contribution in [0.1, 0.15) is 15.9 Å². The average Bonchev–Trinajstić information content (AvgIpc) is 2.79. The van der Waals surface area contributed by atoms with Crippen LogP contribution in [0.4, 0.5) is 17.1 Å². The monoisotopic (exact) mass is 441 g/mol. The van der Waals surface area contributed by atoms with Gasteiger partial charge in [-0.3, -0.25) is 25.1 Å². The molecule has 7 heteroatoms. The Morgan fingerprint density at radius 3 is 2.28 bits per heavy atom. The number of rotatable bonds is 4.